The van der Waals surface area contributed by atoms with E-state index in [-0.39, 0.29) is 46.1 Å². The summed E-state index contributed by atoms with van der Waals surface area (Å²) < 4.78 is 23.3. The minimum absolute atomic E-state index is 0.102. The van der Waals surface area contributed by atoms with E-state index in [9.17, 15) is 20.4 Å². The van der Waals surface area contributed by atoms with E-state index in [1.165, 1.54) is 20.3 Å². The Bertz CT molecular complexity index is 1660. The average molecular weight is 651 g/mol. The molecular weight excluding hydrogens is 613 g/mol. The highest BCUT2D eigenvalue weighted by Crippen LogP contribution is 2.58. The third kappa shape index (κ3) is 5.15. The van der Waals surface area contributed by atoms with Crippen LogP contribution in [0.1, 0.15) is 65.9 Å². The molecule has 8 nitrogen and oxygen atoms in total. The zero-order valence-electron chi connectivity index (χ0n) is 25.5. The second-order valence-corrected chi connectivity index (χ2v) is 15.0. The van der Waals surface area contributed by atoms with Crippen LogP contribution in [-0.4, -0.2) is 58.9 Å². The fourth-order valence-electron chi connectivity index (χ4n) is 7.69. The first kappa shape index (κ1) is 30.3. The van der Waals surface area contributed by atoms with Crippen LogP contribution in [0.25, 0.3) is 11.1 Å². The Morgan fingerprint density at radius 3 is 2.51 bits per heavy atom. The molecule has 2 aliphatic heterocycles. The van der Waals surface area contributed by atoms with E-state index < -0.39 is 12.2 Å². The van der Waals surface area contributed by atoms with Crippen LogP contribution in [0.2, 0.25) is 0 Å². The molecule has 2 aliphatic carbocycles. The summed E-state index contributed by atoms with van der Waals surface area (Å²) in [6.45, 7) is 0. The number of rotatable bonds is 4. The van der Waals surface area contributed by atoms with E-state index in [1.807, 2.05) is 29.0 Å². The number of ether oxygens (including phenoxy) is 4. The lowest BCUT2D eigenvalue weighted by Crippen LogP contribution is -2.37. The number of hydrogen-bond acceptors (Lipinski definition) is 10. The molecule has 7 rings (SSSR count). The first-order chi connectivity index (χ1) is 21.8. The zero-order valence-corrected chi connectivity index (χ0v) is 27.1. The molecule has 4 N–H and O–H groups in total. The van der Waals surface area contributed by atoms with Crippen LogP contribution in [-0.2, 0) is 6.42 Å². The van der Waals surface area contributed by atoms with Gasteiger partial charge >= 0.3 is 0 Å². The van der Waals surface area contributed by atoms with Gasteiger partial charge in [0.25, 0.3) is 0 Å². The molecule has 3 aromatic carbocycles. The summed E-state index contributed by atoms with van der Waals surface area (Å²) in [6, 6.07) is 9.00. The van der Waals surface area contributed by atoms with E-state index in [2.05, 4.69) is 12.2 Å². The summed E-state index contributed by atoms with van der Waals surface area (Å²) in [6.07, 6.45) is 7.64. The SMILES string of the molecule is COc1cc(C2Oc3cc(OC)c4c5c3C(CSSC3C=CCC(CCC(C5)c5cc(O)ccc5-4)C3)C2O)c(O)c(OC)c1O. The van der Waals surface area contributed by atoms with Crippen molar-refractivity contribution in [3.8, 4) is 51.4 Å². The number of aliphatic hydroxyl groups excluding tert-OH is 1. The van der Waals surface area contributed by atoms with E-state index in [4.69, 9.17) is 18.9 Å². The fourth-order valence-corrected chi connectivity index (χ4v) is 10.6. The molecule has 4 bridgehead atoms. The molecule has 0 spiro atoms. The Morgan fingerprint density at radius 2 is 1.73 bits per heavy atom. The van der Waals surface area contributed by atoms with E-state index in [0.29, 0.717) is 28.4 Å². The Morgan fingerprint density at radius 1 is 0.911 bits per heavy atom. The molecule has 0 saturated carbocycles. The maximum absolute atomic E-state index is 12.2. The van der Waals surface area contributed by atoms with E-state index in [0.717, 1.165) is 59.9 Å². The fraction of sp³-hybridized carbons (Fsp3) is 0.429. The standard InChI is InChI=1S/C35H38O8S2/c1-40-26-15-27-30-23-12-18(22-13-19(36)9-10-21(22)29(23)26)8-7-17-5-4-6-20(11-17)45-44-16-25(30)32(38)34(43-27)24-14-28(41-2)33(39)35(42-3)31(24)37/h4,6,9-10,13-15,17-18,20,25,32,34,36-39H,5,7-8,11-12,16H2,1-3H3. The molecule has 2 heterocycles. The van der Waals surface area contributed by atoms with Gasteiger partial charge in [-0.15, -0.1) is 0 Å². The summed E-state index contributed by atoms with van der Waals surface area (Å²) in [5.41, 5.74) is 5.46. The number of fused-ring (bicyclic) bond motifs is 6. The Hall–Kier alpha value is -3.34. The van der Waals surface area contributed by atoms with Gasteiger partial charge in [-0.3, -0.25) is 0 Å². The summed E-state index contributed by atoms with van der Waals surface area (Å²) >= 11 is 0. The summed E-state index contributed by atoms with van der Waals surface area (Å²) in [5, 5.41) is 45.0. The highest BCUT2D eigenvalue weighted by molar-refractivity contribution is 8.77. The van der Waals surface area contributed by atoms with Gasteiger partial charge in [0.15, 0.2) is 17.6 Å². The third-order valence-electron chi connectivity index (χ3n) is 9.87. The second kappa shape index (κ2) is 12.1. The largest absolute Gasteiger partial charge is 0.508 e. The molecule has 0 fully saturated rings. The molecule has 6 atom stereocenters. The van der Waals surface area contributed by atoms with Crippen molar-refractivity contribution in [2.45, 2.75) is 61.4 Å². The highest BCUT2D eigenvalue weighted by Gasteiger charge is 2.44. The lowest BCUT2D eigenvalue weighted by Gasteiger charge is -2.41. The van der Waals surface area contributed by atoms with Crippen molar-refractivity contribution >= 4 is 21.6 Å². The number of phenolic OH excluding ortho intramolecular Hbond substituents is 3. The normalized spacial score (nSPS) is 26.8. The third-order valence-corrected chi connectivity index (χ3v) is 12.7. The quantitative estimate of drug-likeness (QED) is 0.170. The Balaban J connectivity index is 1.43. The molecule has 0 amide bonds. The van der Waals surface area contributed by atoms with Crippen molar-refractivity contribution < 1.29 is 39.4 Å². The maximum atomic E-state index is 12.2. The van der Waals surface area contributed by atoms with Crippen LogP contribution in [0.5, 0.6) is 40.2 Å². The van der Waals surface area contributed by atoms with Crippen LogP contribution in [0.3, 0.4) is 0 Å². The van der Waals surface area contributed by atoms with Gasteiger partial charge in [0.05, 0.1) is 21.3 Å². The number of aliphatic hydroxyl groups is 1. The molecule has 45 heavy (non-hydrogen) atoms. The lowest BCUT2D eigenvalue weighted by molar-refractivity contribution is 0.00299. The molecule has 6 unspecified atom stereocenters. The van der Waals surface area contributed by atoms with E-state index >= 15 is 0 Å². The zero-order chi connectivity index (χ0) is 31.4. The van der Waals surface area contributed by atoms with Crippen molar-refractivity contribution in [1.29, 1.82) is 0 Å². The summed E-state index contributed by atoms with van der Waals surface area (Å²) in [4.78, 5) is 0. The van der Waals surface area contributed by atoms with Crippen molar-refractivity contribution in [3.63, 3.8) is 0 Å². The molecule has 10 heteroatoms. The lowest BCUT2D eigenvalue weighted by atomic mass is 9.71. The van der Waals surface area contributed by atoms with Gasteiger partial charge in [0.2, 0.25) is 11.5 Å². The van der Waals surface area contributed by atoms with Crippen LogP contribution in [0.4, 0.5) is 0 Å². The molecule has 4 aliphatic rings. The van der Waals surface area contributed by atoms with Gasteiger partial charge < -0.3 is 39.4 Å². The topological polar surface area (TPSA) is 118 Å². The van der Waals surface area contributed by atoms with Gasteiger partial charge in [0.1, 0.15) is 23.4 Å². The number of phenols is 3. The van der Waals surface area contributed by atoms with Crippen LogP contribution < -0.4 is 18.9 Å². The minimum atomic E-state index is -1.03. The second-order valence-electron chi connectivity index (χ2n) is 12.3. The molecule has 238 valence electrons. The van der Waals surface area contributed by atoms with Gasteiger partial charge in [0, 0.05) is 39.7 Å². The Kier molecular flexibility index (Phi) is 8.16. The smallest absolute Gasteiger partial charge is 0.207 e. The van der Waals surface area contributed by atoms with Crippen molar-refractivity contribution in [2.75, 3.05) is 27.1 Å². The summed E-state index contributed by atoms with van der Waals surface area (Å²) in [7, 11) is 8.03. The Labute approximate surface area is 270 Å². The average Bonchev–Trinajstić information content (AvgIpc) is 3.05. The van der Waals surface area contributed by atoms with Crippen molar-refractivity contribution in [1.82, 2.24) is 0 Å². The minimum Gasteiger partial charge on any atom is -0.508 e. The predicted octanol–water partition coefficient (Wildman–Crippen LogP) is 7.22. The highest BCUT2D eigenvalue weighted by atomic mass is 33.1. The molecular formula is C35H38O8S2. The van der Waals surface area contributed by atoms with Gasteiger partial charge in [-0.1, -0.05) is 39.8 Å². The maximum Gasteiger partial charge on any atom is 0.207 e. The monoisotopic (exact) mass is 650 g/mol. The molecule has 3 aromatic rings. The number of hydrogen-bond donors (Lipinski definition) is 4. The number of methoxy groups -OCH3 is 3. The molecule has 0 radical (unpaired) electrons. The number of allylic oxidation sites excluding steroid dienone is 1. The van der Waals surface area contributed by atoms with Crippen LogP contribution in [0.15, 0.2) is 42.5 Å². The van der Waals surface area contributed by atoms with Gasteiger partial charge in [-0.25, -0.2) is 0 Å². The first-order valence-electron chi connectivity index (χ1n) is 15.4. The van der Waals surface area contributed by atoms with Gasteiger partial charge in [-0.05, 0) is 78.8 Å². The predicted molar refractivity (Wildman–Crippen MR) is 176 cm³/mol. The molecule has 0 aromatic heterocycles. The van der Waals surface area contributed by atoms with Gasteiger partial charge in [-0.2, -0.15) is 0 Å². The summed E-state index contributed by atoms with van der Waals surface area (Å²) in [5.74, 6) is 1.88. The van der Waals surface area contributed by atoms with Crippen LogP contribution in [0, 0.1) is 5.92 Å². The van der Waals surface area contributed by atoms with Crippen molar-refractivity contribution in [2.24, 2.45) is 5.92 Å². The van der Waals surface area contributed by atoms with E-state index in [1.54, 1.807) is 24.0 Å². The van der Waals surface area contributed by atoms with Crippen LogP contribution >= 0.6 is 21.6 Å². The number of benzene rings is 3. The van der Waals surface area contributed by atoms with Crippen molar-refractivity contribution in [3.05, 3.63) is 64.7 Å². The molecule has 0 saturated heterocycles. The first-order valence-corrected chi connectivity index (χ1v) is 17.7. The number of aromatic hydroxyl groups is 3.